The van der Waals surface area contributed by atoms with Gasteiger partial charge in [-0.15, -0.1) is 0 Å². The van der Waals surface area contributed by atoms with E-state index in [0.717, 1.165) is 76.8 Å². The smallest absolute Gasteiger partial charge is 0.411 e. The Labute approximate surface area is 339 Å². The number of halogens is 6. The summed E-state index contributed by atoms with van der Waals surface area (Å²) in [5.41, 5.74) is -2.30. The Morgan fingerprint density at radius 1 is 0.526 bits per heavy atom. The molecule has 0 amide bonds. The summed E-state index contributed by atoms with van der Waals surface area (Å²) in [6.07, 6.45) is -10.9. The summed E-state index contributed by atoms with van der Waals surface area (Å²) in [5.74, 6) is 1.32. The van der Waals surface area contributed by atoms with E-state index in [1.165, 1.54) is 7.11 Å². The van der Waals surface area contributed by atoms with Crippen LogP contribution in [0.25, 0.3) is 0 Å². The zero-order chi connectivity index (χ0) is 42.6. The second kappa shape index (κ2) is 18.3. The molecular weight excluding hydrogens is 787 g/mol. The van der Waals surface area contributed by atoms with Gasteiger partial charge >= 0.3 is 12.4 Å². The van der Waals surface area contributed by atoms with Crippen molar-refractivity contribution in [2.45, 2.75) is 62.4 Å². The van der Waals surface area contributed by atoms with Gasteiger partial charge in [0.25, 0.3) is 11.5 Å². The minimum absolute atomic E-state index is 0.0817. The van der Waals surface area contributed by atoms with Crippen LogP contribution in [-0.4, -0.2) is 88.0 Å². The molecule has 0 atom stereocenters. The van der Waals surface area contributed by atoms with Gasteiger partial charge in [-0.25, -0.2) is 0 Å². The molecule has 0 saturated carbocycles. The number of alkyl halides is 6. The van der Waals surface area contributed by atoms with E-state index in [-0.39, 0.29) is 22.6 Å². The van der Waals surface area contributed by atoms with Gasteiger partial charge in [-0.3, -0.25) is 0 Å². The van der Waals surface area contributed by atoms with Crippen LogP contribution < -0.4 is 22.8 Å². The maximum absolute atomic E-state index is 14.8. The van der Waals surface area contributed by atoms with Crippen LogP contribution in [0, 0.1) is 0 Å². The van der Waals surface area contributed by atoms with Gasteiger partial charge < -0.3 is 14.2 Å². The Kier molecular flexibility index (Phi) is 14.7. The predicted molar refractivity (Wildman–Crippen MR) is 224 cm³/mol. The number of nitrogens with zero attached hydrogens (tertiary/aromatic N) is 4. The van der Waals surface area contributed by atoms with Crippen molar-refractivity contribution in [2.24, 2.45) is 0 Å². The summed E-state index contributed by atoms with van der Waals surface area (Å²) in [6.45, 7) is 8.70. The third kappa shape index (κ3) is 9.69. The monoisotopic (exact) mass is 840 g/mol. The van der Waals surface area contributed by atoms with Gasteiger partial charge in [-0.05, 0) is 86.3 Å². The molecule has 0 bridgehead atoms. The molecule has 15 heteroatoms. The van der Waals surface area contributed by atoms with Gasteiger partial charge in [0.05, 0.1) is 39.7 Å². The maximum atomic E-state index is 14.8. The standard InChI is InChI=1S/C42H54F6N4O3S2/c1-28(2)56(29(3)4)51(9)38-27-37(20-14-30(38)25-31-13-19-36(54-12)26-39(31)52(10)57(49(5)6)50(7)8)55-35-23-17-33(18-24-35)40(41(43,44)45,42(46,47)48)32-15-21-34(53-11)22-16-32/h13-24,26-29H,25H2,1-12H3/q+2. The van der Waals surface area contributed by atoms with Gasteiger partial charge in [0.2, 0.25) is 5.41 Å². The van der Waals surface area contributed by atoms with Gasteiger partial charge in [-0.1, -0.05) is 45.0 Å². The molecule has 0 heterocycles. The zero-order valence-corrected chi connectivity index (χ0v) is 36.2. The number of ether oxygens (including phenoxy) is 3. The number of rotatable bonds is 16. The zero-order valence-electron chi connectivity index (χ0n) is 34.5. The van der Waals surface area contributed by atoms with Gasteiger partial charge in [0.15, 0.2) is 0 Å². The molecule has 7 nitrogen and oxygen atoms in total. The molecule has 4 aromatic carbocycles. The summed E-state index contributed by atoms with van der Waals surface area (Å²) in [7, 11) is 15.1. The molecular formula is C42H54F6N4O3S2+2. The Bertz CT molecular complexity index is 1890. The molecule has 0 aliphatic carbocycles. The third-order valence-corrected chi connectivity index (χ3v) is 14.2. The van der Waals surface area contributed by atoms with Crippen LogP contribution in [0.3, 0.4) is 0 Å². The lowest BCUT2D eigenvalue weighted by atomic mass is 9.73. The Morgan fingerprint density at radius 3 is 1.32 bits per heavy atom. The number of anilines is 2. The highest BCUT2D eigenvalue weighted by atomic mass is 32.2. The minimum Gasteiger partial charge on any atom is -0.497 e. The second-order valence-corrected chi connectivity index (χ2v) is 20.0. The van der Waals surface area contributed by atoms with Crippen LogP contribution >= 0.6 is 0 Å². The average Bonchev–Trinajstić information content (AvgIpc) is 3.11. The van der Waals surface area contributed by atoms with Crippen LogP contribution in [0.5, 0.6) is 23.0 Å². The van der Waals surface area contributed by atoms with Crippen molar-refractivity contribution in [1.82, 2.24) is 8.61 Å². The highest BCUT2D eigenvalue weighted by molar-refractivity contribution is 7.99. The van der Waals surface area contributed by atoms with Crippen LogP contribution in [0.15, 0.2) is 84.9 Å². The first kappa shape index (κ1) is 45.8. The molecule has 0 saturated heterocycles. The molecule has 57 heavy (non-hydrogen) atoms. The van der Waals surface area contributed by atoms with E-state index in [2.05, 4.69) is 58.0 Å². The summed E-state index contributed by atoms with van der Waals surface area (Å²) in [6, 6.07) is 19.3. The quantitative estimate of drug-likeness (QED) is 0.0822. The van der Waals surface area contributed by atoms with E-state index >= 15 is 0 Å². The van der Waals surface area contributed by atoms with Gasteiger partial charge in [-0.2, -0.15) is 35.0 Å². The molecule has 0 aromatic heterocycles. The Balaban J connectivity index is 1.81. The molecule has 0 unspecified atom stereocenters. The van der Waals surface area contributed by atoms with Crippen molar-refractivity contribution in [2.75, 3.05) is 65.1 Å². The van der Waals surface area contributed by atoms with E-state index in [0.29, 0.717) is 22.7 Å². The van der Waals surface area contributed by atoms with Crippen molar-refractivity contribution < 1.29 is 40.6 Å². The topological polar surface area (TPSA) is 40.7 Å². The molecule has 0 spiro atoms. The van der Waals surface area contributed by atoms with E-state index in [1.54, 1.807) is 13.2 Å². The lowest BCUT2D eigenvalue weighted by Gasteiger charge is -2.38. The summed E-state index contributed by atoms with van der Waals surface area (Å²) >= 11 is -0.629. The normalized spacial score (nSPS) is 12.7. The van der Waals surface area contributed by atoms with Gasteiger partial charge in [0.1, 0.15) is 44.6 Å². The van der Waals surface area contributed by atoms with Crippen molar-refractivity contribution in [3.05, 3.63) is 107 Å². The first-order valence-corrected chi connectivity index (χ1v) is 20.6. The van der Waals surface area contributed by atoms with Crippen molar-refractivity contribution in [1.29, 1.82) is 0 Å². The minimum atomic E-state index is -5.72. The third-order valence-electron chi connectivity index (χ3n) is 9.49. The predicted octanol–water partition coefficient (Wildman–Crippen LogP) is 10.2. The fourth-order valence-corrected chi connectivity index (χ4v) is 12.0. The van der Waals surface area contributed by atoms with Crippen LogP contribution in [0.1, 0.15) is 49.9 Å². The highest BCUT2D eigenvalue weighted by Gasteiger charge is 2.72. The first-order chi connectivity index (χ1) is 26.6. The first-order valence-electron chi connectivity index (χ1n) is 18.2. The number of hydrogen-bond acceptors (Lipinski definition) is 7. The number of hydrogen-bond donors (Lipinski definition) is 0. The van der Waals surface area contributed by atoms with Crippen LogP contribution in [0.2, 0.25) is 0 Å². The van der Waals surface area contributed by atoms with Crippen molar-refractivity contribution in [3.63, 3.8) is 0 Å². The van der Waals surface area contributed by atoms with E-state index in [9.17, 15) is 26.3 Å². The highest BCUT2D eigenvalue weighted by Crippen LogP contribution is 2.56. The summed E-state index contributed by atoms with van der Waals surface area (Å²) in [4.78, 5) is 0. The molecule has 0 fully saturated rings. The largest absolute Gasteiger partial charge is 0.497 e. The molecule has 0 aliphatic heterocycles. The van der Waals surface area contributed by atoms with Crippen LogP contribution in [0.4, 0.5) is 37.7 Å². The Hall–Kier alpha value is -3.92. The van der Waals surface area contributed by atoms with E-state index in [1.807, 2.05) is 59.5 Å². The fourth-order valence-electron chi connectivity index (χ4n) is 7.30. The molecule has 4 aromatic rings. The van der Waals surface area contributed by atoms with Crippen molar-refractivity contribution >= 4 is 33.9 Å². The molecule has 0 N–H and O–H groups in total. The molecule has 0 radical (unpaired) electrons. The molecule has 4 rings (SSSR count). The molecule has 0 aliphatic rings. The van der Waals surface area contributed by atoms with E-state index < -0.39 is 40.3 Å². The average molecular weight is 841 g/mol. The lowest BCUT2D eigenvalue weighted by Crippen LogP contribution is -2.54. The van der Waals surface area contributed by atoms with Gasteiger partial charge in [0, 0.05) is 46.7 Å². The van der Waals surface area contributed by atoms with Crippen LogP contribution in [-0.2, 0) is 34.4 Å². The molecule has 312 valence electrons. The van der Waals surface area contributed by atoms with E-state index in [4.69, 9.17) is 14.2 Å². The number of methoxy groups -OCH3 is 2. The number of benzene rings is 4. The summed E-state index contributed by atoms with van der Waals surface area (Å²) < 4.78 is 114. The second-order valence-electron chi connectivity index (χ2n) is 14.4. The SMILES string of the molecule is COc1ccc(C(c2ccc(Oc3ccc(Cc4ccc(OC)cc4N(C)[S+](N(C)C)N(C)C)c(N(C)[S+](C(C)C)C(C)C)c3)cc2)(C(F)(F)F)C(F)(F)F)cc1. The fraction of sp³-hybridized carbons (Fsp3) is 0.429. The Morgan fingerprint density at radius 2 is 0.912 bits per heavy atom. The summed E-state index contributed by atoms with van der Waals surface area (Å²) in [5, 5.41) is 0.607. The lowest BCUT2D eigenvalue weighted by molar-refractivity contribution is -0.288. The maximum Gasteiger partial charge on any atom is 0.411 e. The van der Waals surface area contributed by atoms with Crippen molar-refractivity contribution in [3.8, 4) is 23.0 Å².